The third kappa shape index (κ3) is 4.50. The van der Waals surface area contributed by atoms with E-state index in [1.807, 2.05) is 66.6 Å². The largest absolute Gasteiger partial charge is 0.469 e. The van der Waals surface area contributed by atoms with E-state index in [0.29, 0.717) is 0 Å². The smallest absolute Gasteiger partial charge is 0.193 e. The molecule has 0 aliphatic rings. The summed E-state index contributed by atoms with van der Waals surface area (Å²) in [5.74, 6) is 1.81. The Balaban J connectivity index is 1.55. The van der Waals surface area contributed by atoms with Gasteiger partial charge in [0.15, 0.2) is 5.96 Å². The van der Waals surface area contributed by atoms with Crippen LogP contribution in [0.25, 0.3) is 5.69 Å². The average molecular weight is 337 g/mol. The summed E-state index contributed by atoms with van der Waals surface area (Å²) < 4.78 is 7.23. The Morgan fingerprint density at radius 1 is 1.24 bits per heavy atom. The highest BCUT2D eigenvalue weighted by Gasteiger charge is 2.09. The number of rotatable bonds is 6. The van der Waals surface area contributed by atoms with Crippen LogP contribution in [0.15, 0.2) is 70.5 Å². The minimum absolute atomic E-state index is 0.729. The van der Waals surface area contributed by atoms with Gasteiger partial charge in [0.2, 0.25) is 0 Å². The highest BCUT2D eigenvalue weighted by molar-refractivity contribution is 5.79. The molecule has 0 aliphatic heterocycles. The SMILES string of the molecule is CN=C(NCCc1ccco1)N(C)Cc1cnn(-c2ccccc2)c1. The van der Waals surface area contributed by atoms with E-state index in [4.69, 9.17) is 4.42 Å². The van der Waals surface area contributed by atoms with Crippen molar-refractivity contribution in [3.63, 3.8) is 0 Å². The van der Waals surface area contributed by atoms with Gasteiger partial charge in [-0.05, 0) is 24.3 Å². The Morgan fingerprint density at radius 3 is 2.80 bits per heavy atom. The van der Waals surface area contributed by atoms with Crippen molar-refractivity contribution in [3.05, 3.63) is 72.4 Å². The topological polar surface area (TPSA) is 58.6 Å². The van der Waals surface area contributed by atoms with Gasteiger partial charge in [-0.1, -0.05) is 18.2 Å². The number of aromatic nitrogens is 2. The van der Waals surface area contributed by atoms with E-state index in [-0.39, 0.29) is 0 Å². The summed E-state index contributed by atoms with van der Waals surface area (Å²) >= 11 is 0. The van der Waals surface area contributed by atoms with Crippen LogP contribution in [-0.2, 0) is 13.0 Å². The number of guanidine groups is 1. The molecule has 0 aliphatic carbocycles. The molecule has 0 atom stereocenters. The zero-order valence-corrected chi connectivity index (χ0v) is 14.6. The highest BCUT2D eigenvalue weighted by Crippen LogP contribution is 2.09. The number of nitrogens with one attached hydrogen (secondary N) is 1. The van der Waals surface area contributed by atoms with Crippen molar-refractivity contribution in [2.24, 2.45) is 4.99 Å². The predicted molar refractivity (Wildman–Crippen MR) is 98.8 cm³/mol. The molecule has 1 N–H and O–H groups in total. The normalized spacial score (nSPS) is 11.5. The predicted octanol–water partition coefficient (Wildman–Crippen LogP) is 2.72. The van der Waals surface area contributed by atoms with E-state index in [2.05, 4.69) is 20.3 Å². The molecule has 0 saturated carbocycles. The van der Waals surface area contributed by atoms with Gasteiger partial charge < -0.3 is 14.6 Å². The van der Waals surface area contributed by atoms with E-state index in [9.17, 15) is 0 Å². The molecule has 0 radical (unpaired) electrons. The molecular weight excluding hydrogens is 314 g/mol. The minimum atomic E-state index is 0.729. The first-order valence-electron chi connectivity index (χ1n) is 8.29. The zero-order valence-electron chi connectivity index (χ0n) is 14.6. The number of aliphatic imine (C=N–C) groups is 1. The molecule has 0 amide bonds. The first-order chi connectivity index (χ1) is 12.3. The van der Waals surface area contributed by atoms with Crippen LogP contribution in [-0.4, -0.2) is 41.3 Å². The van der Waals surface area contributed by atoms with Gasteiger partial charge in [-0.2, -0.15) is 5.10 Å². The van der Waals surface area contributed by atoms with Crippen LogP contribution in [0.1, 0.15) is 11.3 Å². The lowest BCUT2D eigenvalue weighted by atomic mass is 10.3. The molecule has 6 heteroatoms. The third-order valence-corrected chi connectivity index (χ3v) is 3.88. The monoisotopic (exact) mass is 337 g/mol. The van der Waals surface area contributed by atoms with Crippen LogP contribution in [0.5, 0.6) is 0 Å². The van der Waals surface area contributed by atoms with Crippen molar-refractivity contribution in [2.75, 3.05) is 20.6 Å². The molecule has 2 aromatic heterocycles. The van der Waals surface area contributed by atoms with Crippen molar-refractivity contribution < 1.29 is 4.42 Å². The molecular formula is C19H23N5O. The van der Waals surface area contributed by atoms with Crippen LogP contribution in [0.2, 0.25) is 0 Å². The molecule has 130 valence electrons. The lowest BCUT2D eigenvalue weighted by Crippen LogP contribution is -2.39. The maximum absolute atomic E-state index is 5.35. The van der Waals surface area contributed by atoms with Crippen molar-refractivity contribution in [3.8, 4) is 5.69 Å². The molecule has 1 aromatic carbocycles. The fourth-order valence-electron chi connectivity index (χ4n) is 2.65. The lowest BCUT2D eigenvalue weighted by Gasteiger charge is -2.21. The molecule has 2 heterocycles. The van der Waals surface area contributed by atoms with Crippen molar-refractivity contribution >= 4 is 5.96 Å². The van der Waals surface area contributed by atoms with E-state index < -0.39 is 0 Å². The molecule has 0 bridgehead atoms. The summed E-state index contributed by atoms with van der Waals surface area (Å²) in [6, 6.07) is 14.0. The Kier molecular flexibility index (Phi) is 5.51. The maximum atomic E-state index is 5.35. The second-order valence-electron chi connectivity index (χ2n) is 5.79. The van der Waals surface area contributed by atoms with E-state index in [1.165, 1.54) is 0 Å². The van der Waals surface area contributed by atoms with Crippen LogP contribution in [0.3, 0.4) is 0 Å². The summed E-state index contributed by atoms with van der Waals surface area (Å²) in [6.07, 6.45) is 6.45. The molecule has 0 saturated heterocycles. The van der Waals surface area contributed by atoms with Crippen LogP contribution in [0.4, 0.5) is 0 Å². The van der Waals surface area contributed by atoms with Gasteiger partial charge in [-0.25, -0.2) is 4.68 Å². The fraction of sp³-hybridized carbons (Fsp3) is 0.263. The van der Waals surface area contributed by atoms with Crippen LogP contribution >= 0.6 is 0 Å². The quantitative estimate of drug-likeness (QED) is 0.555. The standard InChI is InChI=1S/C19H23N5O/c1-20-19(21-11-10-18-9-6-12-25-18)23(2)14-16-13-22-24(15-16)17-7-4-3-5-8-17/h3-9,12-13,15H,10-11,14H2,1-2H3,(H,20,21). The van der Waals surface area contributed by atoms with Gasteiger partial charge in [-0.3, -0.25) is 4.99 Å². The van der Waals surface area contributed by atoms with Crippen LogP contribution < -0.4 is 5.32 Å². The number of nitrogens with zero attached hydrogens (tertiary/aromatic N) is 4. The first kappa shape index (κ1) is 16.8. The number of furan rings is 1. The van der Waals surface area contributed by atoms with Gasteiger partial charge >= 0.3 is 0 Å². The Hall–Kier alpha value is -3.02. The number of para-hydroxylation sites is 1. The van der Waals surface area contributed by atoms with E-state index >= 15 is 0 Å². The molecule has 6 nitrogen and oxygen atoms in total. The molecule has 25 heavy (non-hydrogen) atoms. The zero-order chi connectivity index (χ0) is 17.5. The summed E-state index contributed by atoms with van der Waals surface area (Å²) in [4.78, 5) is 6.42. The van der Waals surface area contributed by atoms with E-state index in [0.717, 1.165) is 42.5 Å². The molecule has 3 rings (SSSR count). The number of hydrogen-bond acceptors (Lipinski definition) is 3. The number of hydrogen-bond donors (Lipinski definition) is 1. The minimum Gasteiger partial charge on any atom is -0.469 e. The third-order valence-electron chi connectivity index (χ3n) is 3.88. The second-order valence-corrected chi connectivity index (χ2v) is 5.79. The van der Waals surface area contributed by atoms with E-state index in [1.54, 1.807) is 13.3 Å². The van der Waals surface area contributed by atoms with Crippen molar-refractivity contribution in [1.29, 1.82) is 0 Å². The van der Waals surface area contributed by atoms with Gasteiger partial charge in [0.05, 0.1) is 18.1 Å². The van der Waals surface area contributed by atoms with Gasteiger partial charge in [0.1, 0.15) is 5.76 Å². The summed E-state index contributed by atoms with van der Waals surface area (Å²) in [5, 5.41) is 7.79. The second kappa shape index (κ2) is 8.19. The number of benzene rings is 1. The molecule has 0 unspecified atom stereocenters. The average Bonchev–Trinajstić information content (AvgIpc) is 3.31. The van der Waals surface area contributed by atoms with Crippen molar-refractivity contribution in [1.82, 2.24) is 20.0 Å². The van der Waals surface area contributed by atoms with Crippen LogP contribution in [0, 0.1) is 0 Å². The molecule has 3 aromatic rings. The van der Waals surface area contributed by atoms with Gasteiger partial charge in [-0.15, -0.1) is 0 Å². The summed E-state index contributed by atoms with van der Waals surface area (Å²) in [7, 11) is 3.81. The Morgan fingerprint density at radius 2 is 2.08 bits per heavy atom. The Bertz CT molecular complexity index is 792. The molecule has 0 fully saturated rings. The molecule has 0 spiro atoms. The lowest BCUT2D eigenvalue weighted by molar-refractivity contribution is 0.469. The first-order valence-corrected chi connectivity index (χ1v) is 8.29. The fourth-order valence-corrected chi connectivity index (χ4v) is 2.65. The summed E-state index contributed by atoms with van der Waals surface area (Å²) in [5.41, 5.74) is 2.18. The van der Waals surface area contributed by atoms with Gasteiger partial charge in [0, 0.05) is 45.4 Å². The highest BCUT2D eigenvalue weighted by atomic mass is 16.3. The van der Waals surface area contributed by atoms with Crippen molar-refractivity contribution in [2.45, 2.75) is 13.0 Å². The maximum Gasteiger partial charge on any atom is 0.193 e. The summed E-state index contributed by atoms with van der Waals surface area (Å²) in [6.45, 7) is 1.50. The van der Waals surface area contributed by atoms with Gasteiger partial charge in [0.25, 0.3) is 0 Å². The Labute approximate surface area is 147 Å².